The summed E-state index contributed by atoms with van der Waals surface area (Å²) in [6, 6.07) is 12.5. The summed E-state index contributed by atoms with van der Waals surface area (Å²) in [4.78, 5) is 12.4. The predicted octanol–water partition coefficient (Wildman–Crippen LogP) is 2.23. The van der Waals surface area contributed by atoms with E-state index >= 15 is 0 Å². The molecule has 6 nitrogen and oxygen atoms in total. The number of benzene rings is 2. The molecule has 7 heteroatoms. The highest BCUT2D eigenvalue weighted by atomic mass is 32.2. The number of hydrogen-bond acceptors (Lipinski definition) is 4. The summed E-state index contributed by atoms with van der Waals surface area (Å²) in [6.07, 6.45) is 2.42. The Hall–Kier alpha value is -2.22. The zero-order valence-electron chi connectivity index (χ0n) is 15.8. The van der Waals surface area contributed by atoms with Crippen LogP contribution < -0.4 is 15.8 Å². The van der Waals surface area contributed by atoms with Gasteiger partial charge in [-0.05, 0) is 54.6 Å². The highest BCUT2D eigenvalue weighted by Gasteiger charge is 2.10. The van der Waals surface area contributed by atoms with E-state index in [1.165, 1.54) is 12.1 Å². The average Bonchev–Trinajstić information content (AvgIpc) is 2.65. The number of aryl methyl sites for hydroxylation is 2. The lowest BCUT2D eigenvalue weighted by Crippen LogP contribution is -2.30. The van der Waals surface area contributed by atoms with E-state index in [2.05, 4.69) is 24.5 Å². The average molecular weight is 390 g/mol. The number of anilines is 1. The smallest absolute Gasteiger partial charge is 0.238 e. The second-order valence-electron chi connectivity index (χ2n) is 6.32. The van der Waals surface area contributed by atoms with Crippen molar-refractivity contribution < 1.29 is 13.2 Å². The summed E-state index contributed by atoms with van der Waals surface area (Å²) in [5.41, 5.74) is 4.17. The van der Waals surface area contributed by atoms with Crippen molar-refractivity contribution in [3.8, 4) is 0 Å². The third-order valence-corrected chi connectivity index (χ3v) is 5.32. The molecule has 4 N–H and O–H groups in total. The predicted molar refractivity (Wildman–Crippen MR) is 108 cm³/mol. The zero-order chi connectivity index (χ0) is 19.9. The summed E-state index contributed by atoms with van der Waals surface area (Å²) >= 11 is 0. The van der Waals surface area contributed by atoms with Gasteiger partial charge < -0.3 is 10.6 Å². The van der Waals surface area contributed by atoms with Gasteiger partial charge in [0.15, 0.2) is 0 Å². The molecule has 0 fully saturated rings. The first-order chi connectivity index (χ1) is 12.8. The number of nitrogens with two attached hydrogens (primary N) is 1. The van der Waals surface area contributed by atoms with E-state index in [1.54, 1.807) is 12.1 Å². The number of para-hydroxylation sites is 1. The minimum atomic E-state index is -3.67. The molecular weight excluding hydrogens is 362 g/mol. The molecule has 0 bridgehead atoms. The van der Waals surface area contributed by atoms with Crippen molar-refractivity contribution in [3.05, 3.63) is 59.2 Å². The second-order valence-corrected chi connectivity index (χ2v) is 7.88. The SMILES string of the molecule is CCc1cccc(CC)c1NC(=O)CNCCc1ccc(S(N)(=O)=O)cc1. The summed E-state index contributed by atoms with van der Waals surface area (Å²) in [5, 5.41) is 11.2. The minimum absolute atomic E-state index is 0.0739. The van der Waals surface area contributed by atoms with Gasteiger partial charge in [-0.3, -0.25) is 4.79 Å². The van der Waals surface area contributed by atoms with E-state index in [4.69, 9.17) is 5.14 Å². The molecule has 0 radical (unpaired) electrons. The van der Waals surface area contributed by atoms with Crippen molar-refractivity contribution in [2.45, 2.75) is 38.0 Å². The molecule has 1 amide bonds. The topological polar surface area (TPSA) is 101 Å². The fourth-order valence-electron chi connectivity index (χ4n) is 2.87. The first-order valence-electron chi connectivity index (χ1n) is 9.08. The molecule has 0 saturated heterocycles. The number of carbonyl (C=O) groups excluding carboxylic acids is 1. The van der Waals surface area contributed by atoms with Gasteiger partial charge in [0.1, 0.15) is 0 Å². The Morgan fingerprint density at radius 2 is 1.59 bits per heavy atom. The van der Waals surface area contributed by atoms with E-state index in [0.717, 1.165) is 35.2 Å². The van der Waals surface area contributed by atoms with Crippen LogP contribution in [0.2, 0.25) is 0 Å². The number of rotatable bonds is 9. The molecule has 0 saturated carbocycles. The third-order valence-electron chi connectivity index (χ3n) is 4.39. The molecule has 2 rings (SSSR count). The molecule has 0 aliphatic heterocycles. The van der Waals surface area contributed by atoms with Gasteiger partial charge in [0.2, 0.25) is 15.9 Å². The van der Waals surface area contributed by atoms with Crippen molar-refractivity contribution in [2.24, 2.45) is 5.14 Å². The van der Waals surface area contributed by atoms with Gasteiger partial charge in [-0.15, -0.1) is 0 Å². The number of carbonyl (C=O) groups is 1. The lowest BCUT2D eigenvalue weighted by atomic mass is 10.0. The summed E-state index contributed by atoms with van der Waals surface area (Å²) in [7, 11) is -3.67. The van der Waals surface area contributed by atoms with Gasteiger partial charge in [0.05, 0.1) is 11.4 Å². The lowest BCUT2D eigenvalue weighted by Gasteiger charge is -2.14. The minimum Gasteiger partial charge on any atom is -0.324 e. The number of primary sulfonamides is 1. The summed E-state index contributed by atoms with van der Waals surface area (Å²) < 4.78 is 22.5. The molecule has 0 aliphatic rings. The van der Waals surface area contributed by atoms with Gasteiger partial charge in [-0.1, -0.05) is 44.2 Å². The van der Waals surface area contributed by atoms with Crippen LogP contribution in [-0.2, 0) is 34.1 Å². The molecule has 0 atom stereocenters. The van der Waals surface area contributed by atoms with Gasteiger partial charge in [0.25, 0.3) is 0 Å². The molecule has 146 valence electrons. The van der Waals surface area contributed by atoms with Crippen LogP contribution >= 0.6 is 0 Å². The first kappa shape index (κ1) is 21.1. The molecular formula is C20H27N3O3S. The highest BCUT2D eigenvalue weighted by Crippen LogP contribution is 2.22. The maximum atomic E-state index is 12.3. The van der Waals surface area contributed by atoms with Crippen LogP contribution in [0.15, 0.2) is 47.4 Å². The van der Waals surface area contributed by atoms with Crippen LogP contribution in [0.25, 0.3) is 0 Å². The molecule has 0 aliphatic carbocycles. The van der Waals surface area contributed by atoms with Crippen LogP contribution in [-0.4, -0.2) is 27.4 Å². The standard InChI is InChI=1S/C20H27N3O3S/c1-3-16-6-5-7-17(4-2)20(16)23-19(24)14-22-13-12-15-8-10-18(11-9-15)27(21,25)26/h5-11,22H,3-4,12-14H2,1-2H3,(H,23,24)(H2,21,25,26). The second kappa shape index (κ2) is 9.64. The fraction of sp³-hybridized carbons (Fsp3) is 0.350. The summed E-state index contributed by atoms with van der Waals surface area (Å²) in [5.74, 6) is -0.0739. The molecule has 0 heterocycles. The van der Waals surface area contributed by atoms with Crippen LogP contribution in [0.3, 0.4) is 0 Å². The number of hydrogen-bond donors (Lipinski definition) is 3. The molecule has 27 heavy (non-hydrogen) atoms. The highest BCUT2D eigenvalue weighted by molar-refractivity contribution is 7.89. The quantitative estimate of drug-likeness (QED) is 0.573. The van der Waals surface area contributed by atoms with Crippen molar-refractivity contribution in [2.75, 3.05) is 18.4 Å². The number of amides is 1. The third kappa shape index (κ3) is 6.16. The Morgan fingerprint density at radius 1 is 1.00 bits per heavy atom. The fourth-order valence-corrected chi connectivity index (χ4v) is 3.38. The normalized spacial score (nSPS) is 11.4. The Bertz CT molecular complexity index is 856. The van der Waals surface area contributed by atoms with E-state index in [1.807, 2.05) is 18.2 Å². The van der Waals surface area contributed by atoms with Crippen LogP contribution in [0.4, 0.5) is 5.69 Å². The summed E-state index contributed by atoms with van der Waals surface area (Å²) in [6.45, 7) is 4.97. The van der Waals surface area contributed by atoms with Crippen molar-refractivity contribution in [3.63, 3.8) is 0 Å². The lowest BCUT2D eigenvalue weighted by molar-refractivity contribution is -0.115. The van der Waals surface area contributed by atoms with Crippen LogP contribution in [0, 0.1) is 0 Å². The molecule has 0 unspecified atom stereocenters. The Kier molecular flexibility index (Phi) is 7.53. The van der Waals surface area contributed by atoms with Crippen molar-refractivity contribution in [1.82, 2.24) is 5.32 Å². The van der Waals surface area contributed by atoms with E-state index in [-0.39, 0.29) is 17.3 Å². The van der Waals surface area contributed by atoms with Gasteiger partial charge >= 0.3 is 0 Å². The van der Waals surface area contributed by atoms with Crippen molar-refractivity contribution in [1.29, 1.82) is 0 Å². The van der Waals surface area contributed by atoms with Gasteiger partial charge in [-0.2, -0.15) is 0 Å². The molecule has 0 spiro atoms. The number of sulfonamides is 1. The first-order valence-corrected chi connectivity index (χ1v) is 10.6. The van der Waals surface area contributed by atoms with Crippen LogP contribution in [0.5, 0.6) is 0 Å². The molecule has 0 aromatic heterocycles. The molecule has 2 aromatic carbocycles. The van der Waals surface area contributed by atoms with Crippen LogP contribution in [0.1, 0.15) is 30.5 Å². The Labute approximate surface area is 161 Å². The van der Waals surface area contributed by atoms with Gasteiger partial charge in [0, 0.05) is 5.69 Å². The number of nitrogens with one attached hydrogen (secondary N) is 2. The Balaban J connectivity index is 1.83. The van der Waals surface area contributed by atoms with Crippen molar-refractivity contribution >= 4 is 21.6 Å². The zero-order valence-corrected chi connectivity index (χ0v) is 16.6. The van der Waals surface area contributed by atoms with E-state index in [0.29, 0.717) is 13.0 Å². The monoisotopic (exact) mass is 389 g/mol. The van der Waals surface area contributed by atoms with Gasteiger partial charge in [-0.25, -0.2) is 13.6 Å². The van der Waals surface area contributed by atoms with E-state index in [9.17, 15) is 13.2 Å². The maximum Gasteiger partial charge on any atom is 0.238 e. The Morgan fingerprint density at radius 3 is 2.11 bits per heavy atom. The van der Waals surface area contributed by atoms with E-state index < -0.39 is 10.0 Å². The maximum absolute atomic E-state index is 12.3. The molecule has 2 aromatic rings. The largest absolute Gasteiger partial charge is 0.324 e.